The summed E-state index contributed by atoms with van der Waals surface area (Å²) in [5.74, 6) is 4.33. The second-order valence-electron chi connectivity index (χ2n) is 4.82. The van der Waals surface area contributed by atoms with Crippen LogP contribution in [0.15, 0.2) is 41.8 Å². The highest BCUT2D eigenvalue weighted by Gasteiger charge is 2.30. The van der Waals surface area contributed by atoms with Crippen LogP contribution in [0.25, 0.3) is 0 Å². The molecule has 0 unspecified atom stereocenters. The normalized spacial score (nSPS) is 10.5. The number of carbonyl (C=O) groups is 2. The zero-order chi connectivity index (χ0) is 18.3. The van der Waals surface area contributed by atoms with Crippen LogP contribution in [0.4, 0.5) is 13.2 Å². The van der Waals surface area contributed by atoms with Crippen molar-refractivity contribution in [1.29, 1.82) is 0 Å². The minimum atomic E-state index is -4.42. The van der Waals surface area contributed by atoms with Gasteiger partial charge in [-0.15, -0.1) is 11.3 Å². The molecule has 2 aromatic rings. The maximum absolute atomic E-state index is 12.6. The van der Waals surface area contributed by atoms with Gasteiger partial charge in [0.05, 0.1) is 23.5 Å². The summed E-state index contributed by atoms with van der Waals surface area (Å²) in [4.78, 5) is 23.7. The fraction of sp³-hybridized carbons (Fsp3) is 0.176. The predicted molar refractivity (Wildman–Crippen MR) is 88.0 cm³/mol. The Morgan fingerprint density at radius 1 is 1.12 bits per heavy atom. The minimum absolute atomic E-state index is 0.0377. The highest BCUT2D eigenvalue weighted by atomic mass is 32.1. The van der Waals surface area contributed by atoms with E-state index >= 15 is 0 Å². The van der Waals surface area contributed by atoms with Crippen molar-refractivity contribution in [3.8, 4) is 11.8 Å². The Morgan fingerprint density at radius 3 is 2.60 bits per heavy atom. The molecule has 0 bridgehead atoms. The average molecular weight is 366 g/mol. The highest BCUT2D eigenvalue weighted by molar-refractivity contribution is 7.12. The van der Waals surface area contributed by atoms with E-state index in [0.717, 1.165) is 12.1 Å². The van der Waals surface area contributed by atoms with Gasteiger partial charge in [0.2, 0.25) is 5.91 Å². The number of rotatable bonds is 4. The molecular weight excluding hydrogens is 353 g/mol. The summed E-state index contributed by atoms with van der Waals surface area (Å²) in [5, 5.41) is 6.65. The van der Waals surface area contributed by atoms with Gasteiger partial charge in [-0.05, 0) is 29.6 Å². The van der Waals surface area contributed by atoms with E-state index in [9.17, 15) is 22.8 Å². The van der Waals surface area contributed by atoms with Gasteiger partial charge < -0.3 is 10.6 Å². The SMILES string of the molecule is O=C(CNC(=O)c1cccs1)NCC#Cc1cccc(C(F)(F)F)c1. The Bertz CT molecular complexity index is 805. The first-order valence-electron chi connectivity index (χ1n) is 7.11. The molecular formula is C17H13F3N2O2S. The largest absolute Gasteiger partial charge is 0.416 e. The Morgan fingerprint density at radius 2 is 1.92 bits per heavy atom. The zero-order valence-electron chi connectivity index (χ0n) is 12.8. The van der Waals surface area contributed by atoms with E-state index in [4.69, 9.17) is 0 Å². The molecule has 0 aliphatic rings. The van der Waals surface area contributed by atoms with Gasteiger partial charge in [0.15, 0.2) is 0 Å². The molecule has 130 valence electrons. The molecule has 0 radical (unpaired) electrons. The van der Waals surface area contributed by atoms with Gasteiger partial charge in [-0.2, -0.15) is 13.2 Å². The van der Waals surface area contributed by atoms with Crippen LogP contribution in [0.3, 0.4) is 0 Å². The Labute approximate surface area is 146 Å². The molecule has 2 N–H and O–H groups in total. The molecule has 1 aromatic heterocycles. The maximum Gasteiger partial charge on any atom is 0.416 e. The molecule has 0 aliphatic carbocycles. The van der Waals surface area contributed by atoms with Crippen molar-refractivity contribution >= 4 is 23.2 Å². The third-order valence-electron chi connectivity index (χ3n) is 2.95. The van der Waals surface area contributed by atoms with Crippen LogP contribution >= 0.6 is 11.3 Å². The van der Waals surface area contributed by atoms with Crippen molar-refractivity contribution in [2.75, 3.05) is 13.1 Å². The lowest BCUT2D eigenvalue weighted by Crippen LogP contribution is -2.36. The van der Waals surface area contributed by atoms with Gasteiger partial charge in [0, 0.05) is 5.56 Å². The molecule has 1 aromatic carbocycles. The van der Waals surface area contributed by atoms with Gasteiger partial charge >= 0.3 is 6.18 Å². The monoisotopic (exact) mass is 366 g/mol. The second kappa shape index (κ2) is 8.35. The maximum atomic E-state index is 12.6. The molecule has 2 rings (SSSR count). The molecule has 1 heterocycles. The van der Waals surface area contributed by atoms with E-state index < -0.39 is 17.6 Å². The van der Waals surface area contributed by atoms with E-state index in [1.54, 1.807) is 17.5 Å². The van der Waals surface area contributed by atoms with Gasteiger partial charge in [-0.1, -0.05) is 24.0 Å². The lowest BCUT2D eigenvalue weighted by Gasteiger charge is -2.05. The first-order valence-corrected chi connectivity index (χ1v) is 7.99. The van der Waals surface area contributed by atoms with Gasteiger partial charge in [-0.3, -0.25) is 9.59 Å². The van der Waals surface area contributed by atoms with E-state index in [2.05, 4.69) is 22.5 Å². The van der Waals surface area contributed by atoms with E-state index in [1.807, 2.05) is 0 Å². The second-order valence-corrected chi connectivity index (χ2v) is 5.76. The van der Waals surface area contributed by atoms with Crippen LogP contribution in [0.1, 0.15) is 20.8 Å². The standard InChI is InChI=1S/C17H13F3N2O2S/c18-17(19,20)13-6-1-4-12(10-13)5-2-8-21-15(23)11-22-16(24)14-7-3-9-25-14/h1,3-4,6-7,9-10H,8,11H2,(H,21,23)(H,22,24). The molecule has 0 atom stereocenters. The summed E-state index contributed by atoms with van der Waals surface area (Å²) in [6, 6.07) is 7.98. The third kappa shape index (κ3) is 5.97. The van der Waals surface area contributed by atoms with Crippen LogP contribution in [-0.4, -0.2) is 24.9 Å². The quantitative estimate of drug-likeness (QED) is 0.818. The molecule has 0 fully saturated rings. The first kappa shape index (κ1) is 18.5. The smallest absolute Gasteiger partial charge is 0.344 e. The summed E-state index contributed by atoms with van der Waals surface area (Å²) >= 11 is 1.26. The summed E-state index contributed by atoms with van der Waals surface area (Å²) in [5.41, 5.74) is -0.574. The van der Waals surface area contributed by atoms with Crippen LogP contribution in [0.2, 0.25) is 0 Å². The number of hydrogen-bond acceptors (Lipinski definition) is 3. The van der Waals surface area contributed by atoms with E-state index in [1.165, 1.54) is 23.5 Å². The van der Waals surface area contributed by atoms with Crippen molar-refractivity contribution in [3.63, 3.8) is 0 Å². The molecule has 0 saturated heterocycles. The number of benzene rings is 1. The summed E-state index contributed by atoms with van der Waals surface area (Å²) < 4.78 is 37.7. The van der Waals surface area contributed by atoms with Gasteiger partial charge in [-0.25, -0.2) is 0 Å². The van der Waals surface area contributed by atoms with Crippen LogP contribution in [0, 0.1) is 11.8 Å². The van der Waals surface area contributed by atoms with Crippen molar-refractivity contribution < 1.29 is 22.8 Å². The molecule has 4 nitrogen and oxygen atoms in total. The number of alkyl halides is 3. The minimum Gasteiger partial charge on any atom is -0.344 e. The molecule has 8 heteroatoms. The molecule has 0 saturated carbocycles. The van der Waals surface area contributed by atoms with Crippen molar-refractivity contribution in [1.82, 2.24) is 10.6 Å². The highest BCUT2D eigenvalue weighted by Crippen LogP contribution is 2.29. The van der Waals surface area contributed by atoms with Crippen LogP contribution < -0.4 is 10.6 Å². The van der Waals surface area contributed by atoms with Crippen molar-refractivity contribution in [2.24, 2.45) is 0 Å². The average Bonchev–Trinajstić information content (AvgIpc) is 3.11. The Kier molecular flexibility index (Phi) is 6.19. The van der Waals surface area contributed by atoms with Crippen molar-refractivity contribution in [3.05, 3.63) is 57.8 Å². The number of halogens is 3. The third-order valence-corrected chi connectivity index (χ3v) is 3.82. The van der Waals surface area contributed by atoms with Gasteiger partial charge in [0.25, 0.3) is 5.91 Å². The number of carbonyl (C=O) groups excluding carboxylic acids is 2. The molecule has 0 spiro atoms. The number of hydrogen-bond donors (Lipinski definition) is 2. The fourth-order valence-electron chi connectivity index (χ4n) is 1.78. The molecule has 0 aliphatic heterocycles. The van der Waals surface area contributed by atoms with Crippen molar-refractivity contribution in [2.45, 2.75) is 6.18 Å². The summed E-state index contributed by atoms with van der Waals surface area (Å²) in [6.45, 7) is -0.244. The van der Waals surface area contributed by atoms with Crippen LogP contribution in [0.5, 0.6) is 0 Å². The molecule has 2 amide bonds. The number of amides is 2. The zero-order valence-corrected chi connectivity index (χ0v) is 13.6. The predicted octanol–water partition coefficient (Wildman–Crippen LogP) is 2.66. The fourth-order valence-corrected chi connectivity index (χ4v) is 2.42. The Balaban J connectivity index is 1.78. The van der Waals surface area contributed by atoms with E-state index in [0.29, 0.717) is 4.88 Å². The summed E-state index contributed by atoms with van der Waals surface area (Å²) in [6.07, 6.45) is -4.42. The first-order chi connectivity index (χ1) is 11.9. The number of nitrogens with one attached hydrogen (secondary N) is 2. The number of thiophene rings is 1. The summed E-state index contributed by atoms with van der Waals surface area (Å²) in [7, 11) is 0. The molecule has 25 heavy (non-hydrogen) atoms. The Hall–Kier alpha value is -2.79. The van der Waals surface area contributed by atoms with Gasteiger partial charge in [0.1, 0.15) is 0 Å². The van der Waals surface area contributed by atoms with E-state index in [-0.39, 0.29) is 24.6 Å². The van der Waals surface area contributed by atoms with Crippen LogP contribution in [-0.2, 0) is 11.0 Å². The topological polar surface area (TPSA) is 58.2 Å². The lowest BCUT2D eigenvalue weighted by atomic mass is 10.1. The lowest BCUT2D eigenvalue weighted by molar-refractivity contribution is -0.137.